The van der Waals surface area contributed by atoms with Crippen LogP contribution in [0.3, 0.4) is 0 Å². The van der Waals surface area contributed by atoms with Crippen molar-refractivity contribution in [3.05, 3.63) is 87.6 Å². The summed E-state index contributed by atoms with van der Waals surface area (Å²) in [5.41, 5.74) is 1.02. The van der Waals surface area contributed by atoms with E-state index in [0.29, 0.717) is 0 Å². The molecule has 1 heterocycles. The second-order valence-corrected chi connectivity index (χ2v) is 7.42. The van der Waals surface area contributed by atoms with Crippen molar-refractivity contribution < 1.29 is 18.7 Å². The third-order valence-electron chi connectivity index (χ3n) is 4.67. The molecule has 0 aliphatic rings. The zero-order valence-corrected chi connectivity index (χ0v) is 17.5. The molecule has 8 heteroatoms. The predicted octanol–water partition coefficient (Wildman–Crippen LogP) is 3.43. The summed E-state index contributed by atoms with van der Waals surface area (Å²) in [5.74, 6) is -1.66. The van der Waals surface area contributed by atoms with Gasteiger partial charge in [-0.2, -0.15) is 0 Å². The molecular weight excluding hydrogens is 401 g/mol. The van der Waals surface area contributed by atoms with Gasteiger partial charge in [0, 0.05) is 6.07 Å². The average molecular weight is 425 g/mol. The number of carbonyl (C=O) groups excluding carboxylic acids is 2. The van der Waals surface area contributed by atoms with Crippen LogP contribution in [-0.4, -0.2) is 27.8 Å². The van der Waals surface area contributed by atoms with Crippen molar-refractivity contribution in [3.8, 4) is 5.69 Å². The number of halogens is 1. The van der Waals surface area contributed by atoms with Gasteiger partial charge in [0.1, 0.15) is 17.2 Å². The first-order valence-electron chi connectivity index (χ1n) is 9.89. The van der Waals surface area contributed by atoms with Gasteiger partial charge in [0.15, 0.2) is 0 Å². The Hall–Kier alpha value is -3.68. The molecule has 0 unspecified atom stereocenters. The monoisotopic (exact) mass is 425 g/mol. The van der Waals surface area contributed by atoms with Gasteiger partial charge in [-0.15, -0.1) is 0 Å². The fraction of sp³-hybridized carbons (Fsp3) is 0.261. The highest BCUT2D eigenvalue weighted by Crippen LogP contribution is 2.22. The third-order valence-corrected chi connectivity index (χ3v) is 4.67. The lowest BCUT2D eigenvalue weighted by atomic mass is 9.98. The van der Waals surface area contributed by atoms with Crippen LogP contribution in [0, 0.1) is 12.7 Å². The van der Waals surface area contributed by atoms with Gasteiger partial charge in [-0.05, 0) is 44.0 Å². The first kappa shape index (κ1) is 22.0. The van der Waals surface area contributed by atoms with E-state index < -0.39 is 29.3 Å². The van der Waals surface area contributed by atoms with Crippen LogP contribution in [0.4, 0.5) is 4.39 Å². The first-order chi connectivity index (χ1) is 14.8. The number of amides is 1. The maximum absolute atomic E-state index is 14.1. The molecule has 0 saturated carbocycles. The molecule has 162 valence electrons. The van der Waals surface area contributed by atoms with Crippen molar-refractivity contribution in [1.29, 1.82) is 0 Å². The van der Waals surface area contributed by atoms with E-state index in [9.17, 15) is 18.8 Å². The molecule has 1 aromatic heterocycles. The first-order valence-corrected chi connectivity index (χ1v) is 9.89. The van der Waals surface area contributed by atoms with Gasteiger partial charge in [0.05, 0.1) is 18.6 Å². The minimum Gasteiger partial charge on any atom is -0.463 e. The zero-order chi connectivity index (χ0) is 22.5. The Kier molecular flexibility index (Phi) is 6.69. The minimum atomic E-state index is -0.666. The van der Waals surface area contributed by atoms with E-state index in [1.165, 1.54) is 18.2 Å². The number of H-pyrrole nitrogens is 1. The van der Waals surface area contributed by atoms with Gasteiger partial charge in [0.2, 0.25) is 0 Å². The Labute approximate surface area is 178 Å². The zero-order valence-electron chi connectivity index (χ0n) is 17.5. The highest BCUT2D eigenvalue weighted by Gasteiger charge is 2.23. The molecule has 31 heavy (non-hydrogen) atoms. The molecule has 7 nitrogen and oxygen atoms in total. The van der Waals surface area contributed by atoms with E-state index in [4.69, 9.17) is 4.74 Å². The van der Waals surface area contributed by atoms with Gasteiger partial charge >= 0.3 is 5.97 Å². The Morgan fingerprint density at radius 2 is 1.81 bits per heavy atom. The maximum atomic E-state index is 14.1. The number of nitrogens with zero attached hydrogens (tertiary/aromatic N) is 1. The molecule has 2 N–H and O–H groups in total. The van der Waals surface area contributed by atoms with Crippen LogP contribution in [-0.2, 0) is 9.53 Å². The van der Waals surface area contributed by atoms with Crippen molar-refractivity contribution in [1.82, 2.24) is 15.1 Å². The molecule has 1 atom stereocenters. The number of carbonyl (C=O) groups is 2. The number of nitrogens with one attached hydrogen (secondary N) is 2. The van der Waals surface area contributed by atoms with Gasteiger partial charge in [0.25, 0.3) is 11.5 Å². The highest BCUT2D eigenvalue weighted by molar-refractivity contribution is 5.92. The number of ether oxygens (including phenoxy) is 1. The van der Waals surface area contributed by atoms with Crippen LogP contribution < -0.4 is 10.9 Å². The number of hydrogen-bond donors (Lipinski definition) is 2. The number of hydrogen-bond acceptors (Lipinski definition) is 4. The lowest BCUT2D eigenvalue weighted by molar-refractivity contribution is -0.147. The van der Waals surface area contributed by atoms with Gasteiger partial charge < -0.3 is 10.1 Å². The Morgan fingerprint density at radius 3 is 2.48 bits per heavy atom. The topological polar surface area (TPSA) is 93.2 Å². The molecule has 1 amide bonds. The molecule has 0 saturated heterocycles. The van der Waals surface area contributed by atoms with Gasteiger partial charge in [-0.25, -0.2) is 9.07 Å². The summed E-state index contributed by atoms with van der Waals surface area (Å²) < 4.78 is 20.2. The van der Waals surface area contributed by atoms with Crippen molar-refractivity contribution in [2.24, 2.45) is 0 Å². The quantitative estimate of drug-likeness (QED) is 0.567. The third kappa shape index (κ3) is 5.28. The smallest absolute Gasteiger partial charge is 0.308 e. The van der Waals surface area contributed by atoms with E-state index in [1.807, 2.05) is 31.2 Å². The van der Waals surface area contributed by atoms with E-state index >= 15 is 0 Å². The fourth-order valence-corrected chi connectivity index (χ4v) is 3.25. The molecule has 0 aliphatic heterocycles. The summed E-state index contributed by atoms with van der Waals surface area (Å²) in [6, 6.07) is 13.5. The lowest BCUT2D eigenvalue weighted by Gasteiger charge is -2.20. The van der Waals surface area contributed by atoms with Gasteiger partial charge in [-0.1, -0.05) is 36.4 Å². The second-order valence-electron chi connectivity index (χ2n) is 7.42. The minimum absolute atomic E-state index is 0.00233. The van der Waals surface area contributed by atoms with Crippen molar-refractivity contribution >= 4 is 11.9 Å². The maximum Gasteiger partial charge on any atom is 0.308 e. The summed E-state index contributed by atoms with van der Waals surface area (Å²) in [7, 11) is 0. The predicted molar refractivity (Wildman–Crippen MR) is 114 cm³/mol. The number of aromatic nitrogens is 2. The molecule has 0 spiro atoms. The molecule has 0 aliphatic carbocycles. The Balaban J connectivity index is 1.88. The van der Waals surface area contributed by atoms with Crippen molar-refractivity contribution in [2.75, 3.05) is 0 Å². The Bertz CT molecular complexity index is 1150. The summed E-state index contributed by atoms with van der Waals surface area (Å²) in [4.78, 5) is 37.5. The van der Waals surface area contributed by atoms with E-state index in [-0.39, 0.29) is 23.9 Å². The van der Waals surface area contributed by atoms with Crippen LogP contribution in [0.15, 0.2) is 59.4 Å². The highest BCUT2D eigenvalue weighted by atomic mass is 19.1. The molecular formula is C23H24FN3O4. The molecule has 0 fully saturated rings. The standard InChI is InChI=1S/C23H24FN3O4/c1-14(2)31-22(29)13-18(16-9-5-4-8-15(16)3)25-23(30)19-12-21(28)27(26-19)20-11-7-6-10-17(20)24/h4-12,14,18,26H,13H2,1-3H3,(H,25,30)/t18-/m0/s1. The molecule has 0 radical (unpaired) electrons. The number of aryl methyl sites for hydroxylation is 1. The average Bonchev–Trinajstić information content (AvgIpc) is 3.09. The second kappa shape index (κ2) is 9.42. The SMILES string of the molecule is Cc1ccccc1[C@H](CC(=O)OC(C)C)NC(=O)c1cc(=O)n(-c2ccccc2F)[nH]1. The van der Waals surface area contributed by atoms with E-state index in [1.54, 1.807) is 19.9 Å². The summed E-state index contributed by atoms with van der Waals surface area (Å²) in [6.07, 6.45) is -0.362. The molecule has 2 aromatic carbocycles. The van der Waals surface area contributed by atoms with Crippen LogP contribution in [0.25, 0.3) is 5.69 Å². The molecule has 0 bridgehead atoms. The molecule has 3 rings (SSSR count). The van der Waals surface area contributed by atoms with Crippen molar-refractivity contribution in [3.63, 3.8) is 0 Å². The van der Waals surface area contributed by atoms with E-state index in [0.717, 1.165) is 21.9 Å². The van der Waals surface area contributed by atoms with Crippen LogP contribution >= 0.6 is 0 Å². The van der Waals surface area contributed by atoms with Crippen LogP contribution in [0.1, 0.15) is 47.9 Å². The largest absolute Gasteiger partial charge is 0.463 e. The summed E-state index contributed by atoms with van der Waals surface area (Å²) in [6.45, 7) is 5.36. The van der Waals surface area contributed by atoms with E-state index in [2.05, 4.69) is 10.4 Å². The number of benzene rings is 2. The number of aromatic amines is 1. The van der Waals surface area contributed by atoms with Crippen LogP contribution in [0.2, 0.25) is 0 Å². The Morgan fingerprint density at radius 1 is 1.13 bits per heavy atom. The fourth-order valence-electron chi connectivity index (χ4n) is 3.25. The number of rotatable bonds is 7. The van der Waals surface area contributed by atoms with Crippen molar-refractivity contribution in [2.45, 2.75) is 39.3 Å². The number of esters is 1. The lowest BCUT2D eigenvalue weighted by Crippen LogP contribution is -2.32. The number of para-hydroxylation sites is 1. The normalized spacial score (nSPS) is 11.9. The summed E-state index contributed by atoms with van der Waals surface area (Å²) in [5, 5.41) is 5.42. The molecule has 3 aromatic rings. The van der Waals surface area contributed by atoms with Gasteiger partial charge in [-0.3, -0.25) is 19.5 Å². The summed E-state index contributed by atoms with van der Waals surface area (Å²) >= 11 is 0. The van der Waals surface area contributed by atoms with Crippen LogP contribution in [0.5, 0.6) is 0 Å².